The minimum absolute atomic E-state index is 0.147. The van der Waals surface area contributed by atoms with E-state index in [1.165, 1.54) is 12.8 Å². The highest BCUT2D eigenvalue weighted by molar-refractivity contribution is 5.68. The number of amides is 1. The van der Waals surface area contributed by atoms with Crippen molar-refractivity contribution in [1.82, 2.24) is 15.5 Å². The lowest BCUT2D eigenvalue weighted by molar-refractivity contribution is 0.0194. The first-order chi connectivity index (χ1) is 11.8. The highest BCUT2D eigenvalue weighted by atomic mass is 16.6. The van der Waals surface area contributed by atoms with Gasteiger partial charge in [-0.25, -0.2) is 4.79 Å². The van der Waals surface area contributed by atoms with Crippen LogP contribution in [-0.4, -0.2) is 67.6 Å². The molecule has 2 aliphatic rings. The molecule has 2 N–H and O–H groups in total. The van der Waals surface area contributed by atoms with Gasteiger partial charge in [0.1, 0.15) is 5.60 Å². The van der Waals surface area contributed by atoms with Gasteiger partial charge in [0, 0.05) is 37.8 Å². The molecule has 1 aliphatic heterocycles. The molecule has 146 valence electrons. The summed E-state index contributed by atoms with van der Waals surface area (Å²) in [5, 5.41) is 6.84. The van der Waals surface area contributed by atoms with Gasteiger partial charge in [0.15, 0.2) is 0 Å². The van der Waals surface area contributed by atoms with Crippen LogP contribution in [0.3, 0.4) is 0 Å². The van der Waals surface area contributed by atoms with Crippen LogP contribution in [0.5, 0.6) is 0 Å². The molecular weight excluding hydrogens is 318 g/mol. The van der Waals surface area contributed by atoms with E-state index >= 15 is 0 Å². The number of carbonyl (C=O) groups excluding carboxylic acids is 1. The maximum atomic E-state index is 12.2. The summed E-state index contributed by atoms with van der Waals surface area (Å²) in [5.74, 6) is 0. The van der Waals surface area contributed by atoms with Crippen LogP contribution in [0.1, 0.15) is 59.8 Å². The van der Waals surface area contributed by atoms with E-state index in [2.05, 4.69) is 22.5 Å². The second-order valence-corrected chi connectivity index (χ2v) is 8.40. The molecule has 1 saturated carbocycles. The molecule has 1 aliphatic carbocycles. The summed E-state index contributed by atoms with van der Waals surface area (Å²) >= 11 is 0. The minimum Gasteiger partial charge on any atom is -0.444 e. The summed E-state index contributed by atoms with van der Waals surface area (Å²) in [6.45, 7) is 12.6. The summed E-state index contributed by atoms with van der Waals surface area (Å²) < 4.78 is 10.9. The topological polar surface area (TPSA) is 62.8 Å². The van der Waals surface area contributed by atoms with E-state index in [0.29, 0.717) is 12.1 Å². The number of hydrogen-bond donors (Lipinski definition) is 2. The lowest BCUT2D eigenvalue weighted by Gasteiger charge is -2.35. The van der Waals surface area contributed by atoms with Crippen LogP contribution in [0.25, 0.3) is 0 Å². The Morgan fingerprint density at radius 1 is 1.16 bits per heavy atom. The molecule has 25 heavy (non-hydrogen) atoms. The van der Waals surface area contributed by atoms with Crippen molar-refractivity contribution < 1.29 is 14.3 Å². The van der Waals surface area contributed by atoms with E-state index in [4.69, 9.17) is 9.47 Å². The Kier molecular flexibility index (Phi) is 7.97. The zero-order valence-electron chi connectivity index (χ0n) is 16.5. The first-order valence-electron chi connectivity index (χ1n) is 9.90. The zero-order chi connectivity index (χ0) is 18.3. The number of morpholine rings is 1. The molecule has 0 aromatic heterocycles. The summed E-state index contributed by atoms with van der Waals surface area (Å²) in [5.41, 5.74) is -0.456. The van der Waals surface area contributed by atoms with Gasteiger partial charge in [-0.05, 0) is 40.5 Å². The Labute approximate surface area is 153 Å². The van der Waals surface area contributed by atoms with Gasteiger partial charge in [0.2, 0.25) is 0 Å². The van der Waals surface area contributed by atoms with Crippen LogP contribution >= 0.6 is 0 Å². The van der Waals surface area contributed by atoms with Crippen molar-refractivity contribution in [3.05, 3.63) is 0 Å². The fraction of sp³-hybridized carbons (Fsp3) is 0.947. The summed E-state index contributed by atoms with van der Waals surface area (Å²) in [6, 6.07) is 0.946. The third-order valence-electron chi connectivity index (χ3n) is 5.06. The average Bonchev–Trinajstić information content (AvgIpc) is 2.77. The fourth-order valence-corrected chi connectivity index (χ4v) is 3.65. The van der Waals surface area contributed by atoms with E-state index in [-0.39, 0.29) is 12.1 Å². The average molecular weight is 356 g/mol. The minimum atomic E-state index is -0.456. The van der Waals surface area contributed by atoms with Crippen molar-refractivity contribution in [1.29, 1.82) is 0 Å². The van der Waals surface area contributed by atoms with Gasteiger partial charge in [0.05, 0.1) is 13.2 Å². The molecule has 0 spiro atoms. The molecule has 1 heterocycles. The Morgan fingerprint density at radius 2 is 1.80 bits per heavy atom. The third-order valence-corrected chi connectivity index (χ3v) is 5.06. The van der Waals surface area contributed by atoms with Crippen LogP contribution in [0.15, 0.2) is 0 Å². The van der Waals surface area contributed by atoms with Crippen molar-refractivity contribution in [2.75, 3.05) is 32.8 Å². The maximum absolute atomic E-state index is 12.2. The number of nitrogens with one attached hydrogen (secondary N) is 2. The Balaban J connectivity index is 1.84. The maximum Gasteiger partial charge on any atom is 0.407 e. The van der Waals surface area contributed by atoms with Gasteiger partial charge < -0.3 is 20.1 Å². The molecule has 0 unspecified atom stereocenters. The molecule has 0 radical (unpaired) electrons. The summed E-state index contributed by atoms with van der Waals surface area (Å²) in [4.78, 5) is 14.7. The van der Waals surface area contributed by atoms with Gasteiger partial charge in [-0.2, -0.15) is 0 Å². The zero-order valence-corrected chi connectivity index (χ0v) is 16.5. The normalized spacial score (nSPS) is 27.4. The molecule has 0 bridgehead atoms. The van der Waals surface area contributed by atoms with E-state index in [0.717, 1.165) is 52.1 Å². The smallest absolute Gasteiger partial charge is 0.407 e. The number of ether oxygens (including phenoxy) is 2. The van der Waals surface area contributed by atoms with E-state index in [9.17, 15) is 4.79 Å². The monoisotopic (exact) mass is 355 g/mol. The fourth-order valence-electron chi connectivity index (χ4n) is 3.65. The number of alkyl carbamates (subject to hydrolysis) is 1. The summed E-state index contributed by atoms with van der Waals surface area (Å²) in [6.07, 6.45) is 5.45. The molecule has 2 fully saturated rings. The van der Waals surface area contributed by atoms with Crippen molar-refractivity contribution in [2.45, 2.75) is 83.5 Å². The number of hydrogen-bond acceptors (Lipinski definition) is 5. The molecule has 1 saturated heterocycles. The van der Waals surface area contributed by atoms with Crippen LogP contribution in [0.4, 0.5) is 4.79 Å². The van der Waals surface area contributed by atoms with Crippen molar-refractivity contribution in [3.8, 4) is 0 Å². The first-order valence-corrected chi connectivity index (χ1v) is 9.90. The molecule has 2 rings (SSSR count). The third kappa shape index (κ3) is 7.50. The number of nitrogens with zero attached hydrogens (tertiary/aromatic N) is 1. The molecule has 1 amide bonds. The predicted molar refractivity (Wildman–Crippen MR) is 99.9 cm³/mol. The van der Waals surface area contributed by atoms with Crippen molar-refractivity contribution >= 4 is 6.09 Å². The van der Waals surface area contributed by atoms with Gasteiger partial charge in [-0.3, -0.25) is 4.90 Å². The molecule has 0 aromatic rings. The molecule has 0 aromatic carbocycles. The first kappa shape index (κ1) is 20.5. The van der Waals surface area contributed by atoms with Crippen LogP contribution in [-0.2, 0) is 9.47 Å². The molecule has 6 heteroatoms. The Morgan fingerprint density at radius 3 is 2.44 bits per heavy atom. The molecule has 3 atom stereocenters. The number of carbonyl (C=O) groups is 1. The largest absolute Gasteiger partial charge is 0.444 e. The highest BCUT2D eigenvalue weighted by Gasteiger charge is 2.28. The van der Waals surface area contributed by atoms with Crippen molar-refractivity contribution in [2.24, 2.45) is 0 Å². The second kappa shape index (κ2) is 9.74. The Bertz CT molecular complexity index is 405. The van der Waals surface area contributed by atoms with Crippen LogP contribution in [0, 0.1) is 0 Å². The lowest BCUT2D eigenvalue weighted by atomic mass is 10.0. The number of rotatable bonds is 5. The molecule has 6 nitrogen and oxygen atoms in total. The van der Waals surface area contributed by atoms with Crippen LogP contribution in [0.2, 0.25) is 0 Å². The van der Waals surface area contributed by atoms with Crippen molar-refractivity contribution in [3.63, 3.8) is 0 Å². The predicted octanol–water partition coefficient (Wildman–Crippen LogP) is 2.52. The van der Waals surface area contributed by atoms with E-state index in [1.807, 2.05) is 20.8 Å². The molecular formula is C19H37N3O3. The SMILES string of the molecule is C[C@H](CN[C@H]1CCCCC[C@@H]1NC(=O)OC(C)(C)C)N1CCOCC1. The van der Waals surface area contributed by atoms with Gasteiger partial charge in [0.25, 0.3) is 0 Å². The van der Waals surface area contributed by atoms with E-state index in [1.54, 1.807) is 0 Å². The summed E-state index contributed by atoms with van der Waals surface area (Å²) in [7, 11) is 0. The Hall–Kier alpha value is -0.850. The van der Waals surface area contributed by atoms with E-state index < -0.39 is 5.60 Å². The van der Waals surface area contributed by atoms with Gasteiger partial charge in [-0.1, -0.05) is 19.3 Å². The van der Waals surface area contributed by atoms with Gasteiger partial charge in [-0.15, -0.1) is 0 Å². The quantitative estimate of drug-likeness (QED) is 0.742. The van der Waals surface area contributed by atoms with Crippen LogP contribution < -0.4 is 10.6 Å². The second-order valence-electron chi connectivity index (χ2n) is 8.40. The standard InChI is InChI=1S/C19H37N3O3/c1-15(22-10-12-24-13-11-22)14-20-16-8-6-5-7-9-17(16)21-18(23)25-19(2,3)4/h15-17,20H,5-14H2,1-4H3,(H,21,23)/t15-,16+,17+/m1/s1. The highest BCUT2D eigenvalue weighted by Crippen LogP contribution is 2.19. The lowest BCUT2D eigenvalue weighted by Crippen LogP contribution is -2.54. The van der Waals surface area contributed by atoms with Gasteiger partial charge >= 0.3 is 6.09 Å².